The Labute approximate surface area is 213 Å². The SMILES string of the molecule is COCCCNC(=O)CN1CN(c2ccccc2)C2(CCN(C(=O)CCc3ccccc3)CC2)C1=O. The van der Waals surface area contributed by atoms with Gasteiger partial charge in [0.2, 0.25) is 11.8 Å². The molecule has 0 saturated carbocycles. The number of likely N-dealkylation sites (tertiary alicyclic amines) is 1. The average molecular weight is 493 g/mol. The lowest BCUT2D eigenvalue weighted by atomic mass is 9.85. The van der Waals surface area contributed by atoms with Crippen LogP contribution in [-0.4, -0.2) is 79.6 Å². The minimum atomic E-state index is -0.742. The number of hydrogen-bond acceptors (Lipinski definition) is 5. The summed E-state index contributed by atoms with van der Waals surface area (Å²) in [4.78, 5) is 44.9. The number of nitrogens with zero attached hydrogens (tertiary/aromatic N) is 3. The van der Waals surface area contributed by atoms with Gasteiger partial charge in [0.1, 0.15) is 12.1 Å². The molecule has 0 bridgehead atoms. The van der Waals surface area contributed by atoms with Gasteiger partial charge >= 0.3 is 0 Å². The molecular formula is C28H36N4O4. The van der Waals surface area contributed by atoms with Gasteiger partial charge in [-0.1, -0.05) is 48.5 Å². The number of carbonyl (C=O) groups is 3. The summed E-state index contributed by atoms with van der Waals surface area (Å²) in [6.07, 6.45) is 2.99. The molecule has 4 rings (SSSR count). The highest BCUT2D eigenvalue weighted by atomic mass is 16.5. The number of piperidine rings is 1. The maximum Gasteiger partial charge on any atom is 0.250 e. The number of carbonyl (C=O) groups excluding carboxylic acids is 3. The van der Waals surface area contributed by atoms with Crippen LogP contribution in [0.25, 0.3) is 0 Å². The van der Waals surface area contributed by atoms with Crippen LogP contribution in [0, 0.1) is 0 Å². The Morgan fingerprint density at radius 1 is 1.00 bits per heavy atom. The fraction of sp³-hybridized carbons (Fsp3) is 0.464. The number of aryl methyl sites for hydroxylation is 1. The number of hydrogen-bond donors (Lipinski definition) is 1. The number of benzene rings is 2. The van der Waals surface area contributed by atoms with E-state index in [-0.39, 0.29) is 24.3 Å². The minimum absolute atomic E-state index is 0.0244. The first-order chi connectivity index (χ1) is 17.5. The van der Waals surface area contributed by atoms with Gasteiger partial charge in [-0.05, 0) is 43.4 Å². The van der Waals surface area contributed by atoms with E-state index in [1.807, 2.05) is 65.6 Å². The van der Waals surface area contributed by atoms with Crippen molar-refractivity contribution in [3.05, 3.63) is 66.2 Å². The molecule has 2 aromatic rings. The molecule has 8 heteroatoms. The molecule has 8 nitrogen and oxygen atoms in total. The van der Waals surface area contributed by atoms with Crippen LogP contribution in [0.5, 0.6) is 0 Å². The third-order valence-electron chi connectivity index (χ3n) is 7.18. The van der Waals surface area contributed by atoms with E-state index in [0.29, 0.717) is 58.6 Å². The summed E-state index contributed by atoms with van der Waals surface area (Å²) in [5.74, 6) is -0.0782. The third-order valence-corrected chi connectivity index (χ3v) is 7.18. The van der Waals surface area contributed by atoms with Gasteiger partial charge in [0.25, 0.3) is 5.91 Å². The van der Waals surface area contributed by atoms with Crippen molar-refractivity contribution in [1.82, 2.24) is 15.1 Å². The second-order valence-corrected chi connectivity index (χ2v) is 9.50. The number of nitrogens with one attached hydrogen (secondary N) is 1. The number of methoxy groups -OCH3 is 1. The summed E-state index contributed by atoms with van der Waals surface area (Å²) in [6.45, 7) is 2.53. The smallest absolute Gasteiger partial charge is 0.250 e. The zero-order chi connectivity index (χ0) is 25.4. The van der Waals surface area contributed by atoms with Crippen LogP contribution in [-0.2, 0) is 25.5 Å². The second kappa shape index (κ2) is 12.0. The topological polar surface area (TPSA) is 82.2 Å². The molecule has 2 aromatic carbocycles. The Bertz CT molecular complexity index is 1020. The molecule has 2 fully saturated rings. The predicted octanol–water partition coefficient (Wildman–Crippen LogP) is 2.44. The van der Waals surface area contributed by atoms with Crippen LogP contribution in [0.1, 0.15) is 31.2 Å². The van der Waals surface area contributed by atoms with E-state index in [9.17, 15) is 14.4 Å². The van der Waals surface area contributed by atoms with Crippen molar-refractivity contribution >= 4 is 23.4 Å². The summed E-state index contributed by atoms with van der Waals surface area (Å²) < 4.78 is 5.03. The fourth-order valence-electron chi connectivity index (χ4n) is 5.18. The van der Waals surface area contributed by atoms with Gasteiger partial charge < -0.3 is 24.8 Å². The molecule has 0 radical (unpaired) electrons. The Kier molecular flexibility index (Phi) is 8.59. The van der Waals surface area contributed by atoms with Gasteiger partial charge in [-0.25, -0.2) is 0 Å². The molecular weight excluding hydrogens is 456 g/mol. The van der Waals surface area contributed by atoms with E-state index in [2.05, 4.69) is 10.2 Å². The largest absolute Gasteiger partial charge is 0.385 e. The number of amides is 3. The minimum Gasteiger partial charge on any atom is -0.385 e. The summed E-state index contributed by atoms with van der Waals surface area (Å²) >= 11 is 0. The number of para-hydroxylation sites is 1. The lowest BCUT2D eigenvalue weighted by Gasteiger charge is -2.43. The van der Waals surface area contributed by atoms with Gasteiger partial charge in [0, 0.05) is 45.5 Å². The first-order valence-electron chi connectivity index (χ1n) is 12.7. The highest BCUT2D eigenvalue weighted by molar-refractivity contribution is 5.96. The molecule has 0 atom stereocenters. The lowest BCUT2D eigenvalue weighted by Crippen LogP contribution is -2.57. The molecule has 1 N–H and O–H groups in total. The average Bonchev–Trinajstić information content (AvgIpc) is 3.17. The zero-order valence-electron chi connectivity index (χ0n) is 21.0. The van der Waals surface area contributed by atoms with E-state index in [1.165, 1.54) is 0 Å². The Morgan fingerprint density at radius 3 is 2.33 bits per heavy atom. The van der Waals surface area contributed by atoms with Crippen LogP contribution >= 0.6 is 0 Å². The van der Waals surface area contributed by atoms with Gasteiger partial charge in [-0.3, -0.25) is 14.4 Å². The van der Waals surface area contributed by atoms with Gasteiger partial charge in [-0.15, -0.1) is 0 Å². The van der Waals surface area contributed by atoms with E-state index in [4.69, 9.17) is 4.74 Å². The first-order valence-corrected chi connectivity index (χ1v) is 12.7. The molecule has 192 valence electrons. The molecule has 2 aliphatic heterocycles. The molecule has 0 unspecified atom stereocenters. The van der Waals surface area contributed by atoms with Crippen LogP contribution in [0.2, 0.25) is 0 Å². The molecule has 0 aliphatic carbocycles. The van der Waals surface area contributed by atoms with Gasteiger partial charge in [-0.2, -0.15) is 0 Å². The Morgan fingerprint density at radius 2 is 1.67 bits per heavy atom. The highest BCUT2D eigenvalue weighted by Crippen LogP contribution is 2.39. The van der Waals surface area contributed by atoms with Crippen molar-refractivity contribution in [3.63, 3.8) is 0 Å². The van der Waals surface area contributed by atoms with Gasteiger partial charge in [0.15, 0.2) is 0 Å². The molecule has 1 spiro atoms. The Hall–Kier alpha value is -3.39. The summed E-state index contributed by atoms with van der Waals surface area (Å²) in [6, 6.07) is 19.9. The van der Waals surface area contributed by atoms with E-state index in [0.717, 1.165) is 17.7 Å². The maximum atomic E-state index is 13.7. The number of anilines is 1. The second-order valence-electron chi connectivity index (χ2n) is 9.50. The number of ether oxygens (including phenoxy) is 1. The van der Waals surface area contributed by atoms with Crippen molar-refractivity contribution < 1.29 is 19.1 Å². The van der Waals surface area contributed by atoms with Crippen LogP contribution in [0.4, 0.5) is 5.69 Å². The van der Waals surface area contributed by atoms with Crippen molar-refractivity contribution in [2.45, 2.75) is 37.6 Å². The maximum absolute atomic E-state index is 13.7. The fourth-order valence-corrected chi connectivity index (χ4v) is 5.18. The lowest BCUT2D eigenvalue weighted by molar-refractivity contribution is -0.140. The third kappa shape index (κ3) is 5.87. The monoisotopic (exact) mass is 492 g/mol. The quantitative estimate of drug-likeness (QED) is 0.515. The van der Waals surface area contributed by atoms with Crippen molar-refractivity contribution in [1.29, 1.82) is 0 Å². The van der Waals surface area contributed by atoms with E-state index in [1.54, 1.807) is 12.0 Å². The Balaban J connectivity index is 1.41. The predicted molar refractivity (Wildman–Crippen MR) is 138 cm³/mol. The van der Waals surface area contributed by atoms with Crippen LogP contribution < -0.4 is 10.2 Å². The van der Waals surface area contributed by atoms with Crippen molar-refractivity contribution in [2.24, 2.45) is 0 Å². The molecule has 2 saturated heterocycles. The van der Waals surface area contributed by atoms with E-state index >= 15 is 0 Å². The molecule has 2 heterocycles. The van der Waals surface area contributed by atoms with Crippen molar-refractivity contribution in [3.8, 4) is 0 Å². The first kappa shape index (κ1) is 25.7. The number of rotatable bonds is 10. The molecule has 3 amide bonds. The molecule has 2 aliphatic rings. The van der Waals surface area contributed by atoms with Crippen LogP contribution in [0.15, 0.2) is 60.7 Å². The highest BCUT2D eigenvalue weighted by Gasteiger charge is 2.54. The summed E-state index contributed by atoms with van der Waals surface area (Å²) in [7, 11) is 1.63. The van der Waals surface area contributed by atoms with Crippen LogP contribution in [0.3, 0.4) is 0 Å². The normalized spacial score (nSPS) is 17.0. The molecule has 0 aromatic heterocycles. The van der Waals surface area contributed by atoms with E-state index < -0.39 is 5.54 Å². The summed E-state index contributed by atoms with van der Waals surface area (Å²) in [5.41, 5.74) is 1.36. The van der Waals surface area contributed by atoms with Crippen molar-refractivity contribution in [2.75, 3.05) is 51.5 Å². The van der Waals surface area contributed by atoms with Gasteiger partial charge in [0.05, 0.1) is 6.67 Å². The standard InChI is InChI=1S/C28H36N4O4/c1-36-20-8-17-29-25(33)21-31-22-32(24-11-6-3-7-12-24)28(27(31)35)15-18-30(19-16-28)26(34)14-13-23-9-4-2-5-10-23/h2-7,9-12H,8,13-22H2,1H3,(H,29,33). The molecule has 36 heavy (non-hydrogen) atoms. The summed E-state index contributed by atoms with van der Waals surface area (Å²) in [5, 5.41) is 2.88. The zero-order valence-corrected chi connectivity index (χ0v) is 21.0.